The van der Waals surface area contributed by atoms with Gasteiger partial charge in [-0.1, -0.05) is 6.07 Å². The van der Waals surface area contributed by atoms with E-state index < -0.39 is 0 Å². The predicted octanol–water partition coefficient (Wildman–Crippen LogP) is 2.69. The molecule has 33 heavy (non-hydrogen) atoms. The molecule has 0 spiro atoms. The number of carbonyl (C=O) groups excluding carboxylic acids is 2. The quantitative estimate of drug-likeness (QED) is 0.538. The molecule has 1 aromatic carbocycles. The molecule has 0 bridgehead atoms. The molecule has 0 atom stereocenters. The third-order valence-electron chi connectivity index (χ3n) is 6.03. The van der Waals surface area contributed by atoms with Crippen LogP contribution in [0.3, 0.4) is 0 Å². The maximum atomic E-state index is 11.8. The Morgan fingerprint density at radius 2 is 2.06 bits per heavy atom. The highest BCUT2D eigenvalue weighted by Gasteiger charge is 2.25. The molecule has 170 valence electrons. The number of aryl methyl sites for hydroxylation is 1. The van der Waals surface area contributed by atoms with Gasteiger partial charge >= 0.3 is 0 Å². The number of carbonyl (C=O) groups is 2. The maximum absolute atomic E-state index is 11.8. The first-order valence-electron chi connectivity index (χ1n) is 11.0. The Kier molecular flexibility index (Phi) is 6.10. The lowest BCUT2D eigenvalue weighted by atomic mass is 9.97. The third kappa shape index (κ3) is 4.91. The first-order valence-corrected chi connectivity index (χ1v) is 11.8. The Bertz CT molecular complexity index is 1230. The minimum absolute atomic E-state index is 0.353. The van der Waals surface area contributed by atoms with E-state index in [-0.39, 0.29) is 11.1 Å². The van der Waals surface area contributed by atoms with Crippen LogP contribution in [0.15, 0.2) is 41.7 Å². The molecule has 2 fully saturated rings. The molecule has 2 aromatic heterocycles. The summed E-state index contributed by atoms with van der Waals surface area (Å²) in [6, 6.07) is 8.17. The number of benzene rings is 1. The van der Waals surface area contributed by atoms with Gasteiger partial charge in [-0.2, -0.15) is 0 Å². The van der Waals surface area contributed by atoms with Gasteiger partial charge in [-0.3, -0.25) is 14.9 Å². The van der Waals surface area contributed by atoms with E-state index in [9.17, 15) is 9.59 Å². The average Bonchev–Trinajstić information content (AvgIpc) is 3.34. The number of fused-ring (bicyclic) bond motifs is 1. The van der Waals surface area contributed by atoms with Crippen molar-refractivity contribution in [3.05, 3.63) is 53.0 Å². The van der Waals surface area contributed by atoms with Crippen LogP contribution < -0.4 is 15.5 Å². The standard InChI is InChI=1S/C23H25N7O2S/c1-29-14-26-18-10-16(2-3-19(18)29)13-24-12-15-5-8-30(9-6-15)22-25-7-4-17(27-22)11-20-21(31)28-23(32)33-20/h2-4,7,10-11,14-15,24H,5-6,8-9,12-13H2,1H3,(H,28,31,32). The number of nitrogens with zero attached hydrogens (tertiary/aromatic N) is 5. The summed E-state index contributed by atoms with van der Waals surface area (Å²) in [7, 11) is 2.01. The smallest absolute Gasteiger partial charge is 0.290 e. The normalized spacial score (nSPS) is 18.5. The van der Waals surface area contributed by atoms with E-state index in [1.165, 1.54) is 5.56 Å². The van der Waals surface area contributed by atoms with E-state index in [4.69, 9.17) is 0 Å². The largest absolute Gasteiger partial charge is 0.341 e. The number of thioether (sulfide) groups is 1. The average molecular weight is 464 g/mol. The number of nitrogens with one attached hydrogen (secondary N) is 2. The van der Waals surface area contributed by atoms with Gasteiger partial charge in [0.25, 0.3) is 11.1 Å². The maximum Gasteiger partial charge on any atom is 0.290 e. The van der Waals surface area contributed by atoms with Gasteiger partial charge in [-0.15, -0.1) is 0 Å². The molecule has 2 N–H and O–H groups in total. The van der Waals surface area contributed by atoms with Crippen molar-refractivity contribution in [3.63, 3.8) is 0 Å². The fourth-order valence-electron chi connectivity index (χ4n) is 4.20. The molecule has 2 saturated heterocycles. The first-order chi connectivity index (χ1) is 16.0. The Balaban J connectivity index is 1.12. The fourth-order valence-corrected chi connectivity index (χ4v) is 4.87. The van der Waals surface area contributed by atoms with E-state index in [1.54, 1.807) is 18.3 Å². The number of aromatic nitrogens is 4. The summed E-state index contributed by atoms with van der Waals surface area (Å²) in [6.45, 7) is 3.59. The summed E-state index contributed by atoms with van der Waals surface area (Å²) in [5.74, 6) is 0.891. The lowest BCUT2D eigenvalue weighted by Crippen LogP contribution is -2.38. The molecule has 2 aliphatic rings. The minimum atomic E-state index is -0.376. The Morgan fingerprint density at radius 1 is 1.21 bits per heavy atom. The van der Waals surface area contributed by atoms with E-state index in [0.717, 1.165) is 61.8 Å². The summed E-state index contributed by atoms with van der Waals surface area (Å²) >= 11 is 0.894. The number of imidazole rings is 1. The lowest BCUT2D eigenvalue weighted by Gasteiger charge is -2.32. The van der Waals surface area contributed by atoms with Gasteiger partial charge in [0.15, 0.2) is 0 Å². The number of hydrogen-bond acceptors (Lipinski definition) is 8. The lowest BCUT2D eigenvalue weighted by molar-refractivity contribution is -0.115. The summed E-state index contributed by atoms with van der Waals surface area (Å²) in [5.41, 5.74) is 4.05. The highest BCUT2D eigenvalue weighted by Crippen LogP contribution is 2.26. The van der Waals surface area contributed by atoms with Crippen LogP contribution in [0.5, 0.6) is 0 Å². The molecule has 0 saturated carbocycles. The molecule has 0 radical (unpaired) electrons. The van der Waals surface area contributed by atoms with Crippen LogP contribution in [-0.4, -0.2) is 50.3 Å². The van der Waals surface area contributed by atoms with Crippen LogP contribution in [-0.2, 0) is 18.4 Å². The van der Waals surface area contributed by atoms with Gasteiger partial charge in [0.1, 0.15) is 0 Å². The minimum Gasteiger partial charge on any atom is -0.341 e. The molecular formula is C23H25N7O2S. The van der Waals surface area contributed by atoms with Crippen molar-refractivity contribution < 1.29 is 9.59 Å². The second kappa shape index (κ2) is 9.32. The summed E-state index contributed by atoms with van der Waals surface area (Å²) in [4.78, 5) is 39.1. The number of anilines is 1. The molecular weight excluding hydrogens is 438 g/mol. The van der Waals surface area contributed by atoms with Crippen molar-refractivity contribution in [1.82, 2.24) is 30.2 Å². The second-order valence-electron chi connectivity index (χ2n) is 8.37. The highest BCUT2D eigenvalue weighted by atomic mass is 32.2. The van der Waals surface area contributed by atoms with E-state index in [0.29, 0.717) is 22.5 Å². The van der Waals surface area contributed by atoms with Crippen molar-refractivity contribution in [2.24, 2.45) is 13.0 Å². The summed E-state index contributed by atoms with van der Waals surface area (Å²) < 4.78 is 2.03. The van der Waals surface area contributed by atoms with Crippen molar-refractivity contribution in [3.8, 4) is 0 Å². The zero-order valence-electron chi connectivity index (χ0n) is 18.3. The number of hydrogen-bond donors (Lipinski definition) is 2. The SMILES string of the molecule is Cn1cnc2cc(CNCC3CCN(c4nccc(C=C5SC(=O)NC5=O)n4)CC3)ccc21. The van der Waals surface area contributed by atoms with Crippen LogP contribution in [0.1, 0.15) is 24.1 Å². The van der Waals surface area contributed by atoms with Gasteiger partial charge in [0, 0.05) is 32.9 Å². The topological polar surface area (TPSA) is 105 Å². The number of rotatable bonds is 6. The van der Waals surface area contributed by atoms with Crippen LogP contribution in [0.25, 0.3) is 17.1 Å². The molecule has 9 nitrogen and oxygen atoms in total. The Hall–Kier alpha value is -3.24. The predicted molar refractivity (Wildman–Crippen MR) is 128 cm³/mol. The van der Waals surface area contributed by atoms with Gasteiger partial charge in [0.2, 0.25) is 5.95 Å². The Labute approximate surface area is 195 Å². The van der Waals surface area contributed by atoms with E-state index in [2.05, 4.69) is 48.7 Å². The Morgan fingerprint density at radius 3 is 2.85 bits per heavy atom. The molecule has 3 aromatic rings. The third-order valence-corrected chi connectivity index (χ3v) is 6.85. The summed E-state index contributed by atoms with van der Waals surface area (Å²) in [5, 5.41) is 5.50. The molecule has 0 unspecified atom stereocenters. The van der Waals surface area contributed by atoms with Crippen molar-refractivity contribution in [1.29, 1.82) is 0 Å². The van der Waals surface area contributed by atoms with Crippen LogP contribution in [0.4, 0.5) is 10.7 Å². The zero-order chi connectivity index (χ0) is 22.8. The molecule has 2 aliphatic heterocycles. The van der Waals surface area contributed by atoms with Gasteiger partial charge in [0.05, 0.1) is 28.0 Å². The summed E-state index contributed by atoms with van der Waals surface area (Å²) in [6.07, 6.45) is 7.30. The number of amides is 2. The van der Waals surface area contributed by atoms with Crippen molar-refractivity contribution >= 4 is 46.0 Å². The molecule has 4 heterocycles. The van der Waals surface area contributed by atoms with Crippen LogP contribution in [0, 0.1) is 5.92 Å². The van der Waals surface area contributed by atoms with Gasteiger partial charge in [-0.25, -0.2) is 15.0 Å². The number of imide groups is 1. The van der Waals surface area contributed by atoms with Crippen molar-refractivity contribution in [2.75, 3.05) is 24.5 Å². The molecule has 2 amide bonds. The molecule has 5 rings (SSSR count). The van der Waals surface area contributed by atoms with Crippen LogP contribution in [0.2, 0.25) is 0 Å². The first kappa shape index (κ1) is 21.6. The van der Waals surface area contributed by atoms with E-state index in [1.807, 2.05) is 17.9 Å². The monoisotopic (exact) mass is 463 g/mol. The van der Waals surface area contributed by atoms with E-state index >= 15 is 0 Å². The van der Waals surface area contributed by atoms with Gasteiger partial charge in [-0.05, 0) is 66.9 Å². The van der Waals surface area contributed by atoms with Gasteiger partial charge < -0.3 is 14.8 Å². The van der Waals surface area contributed by atoms with Crippen molar-refractivity contribution in [2.45, 2.75) is 19.4 Å². The fraction of sp³-hybridized carbons (Fsp3) is 0.348. The second-order valence-corrected chi connectivity index (χ2v) is 9.39. The molecule has 0 aliphatic carbocycles. The zero-order valence-corrected chi connectivity index (χ0v) is 19.1. The molecule has 10 heteroatoms. The highest BCUT2D eigenvalue weighted by molar-refractivity contribution is 8.18. The number of piperidine rings is 1. The van der Waals surface area contributed by atoms with Crippen LogP contribution >= 0.6 is 11.8 Å².